The van der Waals surface area contributed by atoms with Crippen molar-refractivity contribution in [3.8, 4) is 5.75 Å². The zero-order valence-corrected chi connectivity index (χ0v) is 17.0. The summed E-state index contributed by atoms with van der Waals surface area (Å²) in [6.45, 7) is 4.75. The second-order valence-corrected chi connectivity index (χ2v) is 6.72. The first-order chi connectivity index (χ1) is 13.6. The minimum Gasteiger partial charge on any atom is -0.497 e. The second kappa shape index (κ2) is 11.1. The Kier molecular flexibility index (Phi) is 8.53. The molecule has 2 amide bonds. The Balaban J connectivity index is 2.35. The molecule has 0 spiro atoms. The third kappa shape index (κ3) is 6.12. The van der Waals surface area contributed by atoms with E-state index in [0.29, 0.717) is 25.9 Å². The van der Waals surface area contributed by atoms with Gasteiger partial charge in [-0.15, -0.1) is 0 Å². The Morgan fingerprint density at radius 3 is 2.39 bits per heavy atom. The van der Waals surface area contributed by atoms with Crippen molar-refractivity contribution in [3.05, 3.63) is 65.7 Å². The summed E-state index contributed by atoms with van der Waals surface area (Å²) in [6, 6.07) is 16.9. The van der Waals surface area contributed by atoms with E-state index in [1.54, 1.807) is 12.0 Å². The number of methoxy groups -OCH3 is 1. The van der Waals surface area contributed by atoms with Crippen LogP contribution in [-0.4, -0.2) is 36.4 Å². The first kappa shape index (κ1) is 21.5. The Bertz CT molecular complexity index is 761. The number of hydrogen-bond acceptors (Lipinski definition) is 3. The molecule has 1 N–H and O–H groups in total. The molecule has 0 aromatic heterocycles. The predicted octanol–water partition coefficient (Wildman–Crippen LogP) is 3.57. The van der Waals surface area contributed by atoms with Gasteiger partial charge >= 0.3 is 0 Å². The highest BCUT2D eigenvalue weighted by Crippen LogP contribution is 2.19. The smallest absolute Gasteiger partial charge is 0.243 e. The number of carbonyl (C=O) groups excluding carboxylic acids is 2. The van der Waals surface area contributed by atoms with Crippen molar-refractivity contribution in [2.24, 2.45) is 0 Å². The van der Waals surface area contributed by atoms with E-state index in [4.69, 9.17) is 4.74 Å². The van der Waals surface area contributed by atoms with Gasteiger partial charge in [0, 0.05) is 25.9 Å². The molecule has 0 unspecified atom stereocenters. The lowest BCUT2D eigenvalue weighted by Gasteiger charge is -2.31. The molecule has 2 aromatic rings. The Labute approximate surface area is 167 Å². The molecule has 0 fully saturated rings. The summed E-state index contributed by atoms with van der Waals surface area (Å²) in [5.41, 5.74) is 1.96. The number of ether oxygens (including phenoxy) is 1. The Morgan fingerprint density at radius 2 is 1.75 bits per heavy atom. The number of nitrogens with one attached hydrogen (secondary N) is 1. The van der Waals surface area contributed by atoms with Crippen LogP contribution in [0.3, 0.4) is 0 Å². The van der Waals surface area contributed by atoms with Gasteiger partial charge in [-0.2, -0.15) is 0 Å². The van der Waals surface area contributed by atoms with Crippen LogP contribution in [0.2, 0.25) is 0 Å². The van der Waals surface area contributed by atoms with Crippen molar-refractivity contribution >= 4 is 11.8 Å². The van der Waals surface area contributed by atoms with E-state index in [-0.39, 0.29) is 11.8 Å². The third-order valence-electron chi connectivity index (χ3n) is 4.57. The molecule has 0 aliphatic rings. The largest absolute Gasteiger partial charge is 0.497 e. The zero-order valence-electron chi connectivity index (χ0n) is 17.0. The minimum absolute atomic E-state index is 0.0162. The molecule has 2 rings (SSSR count). The summed E-state index contributed by atoms with van der Waals surface area (Å²) < 4.78 is 5.30. The maximum atomic E-state index is 13.0. The van der Waals surface area contributed by atoms with Gasteiger partial charge in [-0.25, -0.2) is 0 Å². The predicted molar refractivity (Wildman–Crippen MR) is 111 cm³/mol. The van der Waals surface area contributed by atoms with Crippen LogP contribution < -0.4 is 10.1 Å². The number of rotatable bonds is 10. The van der Waals surface area contributed by atoms with Crippen molar-refractivity contribution in [1.82, 2.24) is 10.2 Å². The first-order valence-corrected chi connectivity index (χ1v) is 9.83. The van der Waals surface area contributed by atoms with Gasteiger partial charge in [0.05, 0.1) is 7.11 Å². The van der Waals surface area contributed by atoms with Crippen LogP contribution in [0.15, 0.2) is 54.6 Å². The fourth-order valence-electron chi connectivity index (χ4n) is 3.17. The normalized spacial score (nSPS) is 11.5. The highest BCUT2D eigenvalue weighted by atomic mass is 16.5. The van der Waals surface area contributed by atoms with E-state index in [0.717, 1.165) is 23.3 Å². The summed E-state index contributed by atoms with van der Waals surface area (Å²) in [6.07, 6.45) is 1.63. The summed E-state index contributed by atoms with van der Waals surface area (Å²) in [5, 5.41) is 2.89. The number of likely N-dealkylation sites (N-methyl/N-ethyl adjacent to an activating group) is 1. The molecule has 0 heterocycles. The summed E-state index contributed by atoms with van der Waals surface area (Å²) >= 11 is 0. The topological polar surface area (TPSA) is 58.6 Å². The van der Waals surface area contributed by atoms with Crippen LogP contribution in [-0.2, 0) is 22.6 Å². The minimum atomic E-state index is -0.562. The number of amides is 2. The van der Waals surface area contributed by atoms with Gasteiger partial charge in [0.1, 0.15) is 11.8 Å². The van der Waals surface area contributed by atoms with Gasteiger partial charge in [-0.1, -0.05) is 49.4 Å². The van der Waals surface area contributed by atoms with Crippen molar-refractivity contribution in [2.45, 2.75) is 45.7 Å². The number of nitrogens with zero attached hydrogens (tertiary/aromatic N) is 1. The molecular formula is C23H30N2O3. The molecule has 1 atom stereocenters. The van der Waals surface area contributed by atoms with E-state index in [2.05, 4.69) is 5.32 Å². The highest BCUT2D eigenvalue weighted by Gasteiger charge is 2.29. The van der Waals surface area contributed by atoms with Crippen LogP contribution >= 0.6 is 0 Å². The third-order valence-corrected chi connectivity index (χ3v) is 4.57. The first-order valence-electron chi connectivity index (χ1n) is 9.83. The van der Waals surface area contributed by atoms with Crippen molar-refractivity contribution in [3.63, 3.8) is 0 Å². The SMILES string of the molecule is CCCC(=O)N(Cc1cccc(OC)c1)[C@@H](Cc1ccccc1)C(=O)NCC. The molecular weight excluding hydrogens is 352 g/mol. The van der Waals surface area contributed by atoms with E-state index in [1.165, 1.54) is 0 Å². The van der Waals surface area contributed by atoms with Crippen molar-refractivity contribution in [1.29, 1.82) is 0 Å². The van der Waals surface area contributed by atoms with Crippen LogP contribution in [0, 0.1) is 0 Å². The second-order valence-electron chi connectivity index (χ2n) is 6.72. The van der Waals surface area contributed by atoms with E-state index in [1.807, 2.05) is 68.4 Å². The lowest BCUT2D eigenvalue weighted by molar-refractivity contribution is -0.141. The number of hydrogen-bond donors (Lipinski definition) is 1. The summed E-state index contributed by atoms with van der Waals surface area (Å²) in [5.74, 6) is 0.592. The van der Waals surface area contributed by atoms with Crippen LogP contribution in [0.25, 0.3) is 0 Å². The summed E-state index contributed by atoms with van der Waals surface area (Å²) in [4.78, 5) is 27.5. The van der Waals surface area contributed by atoms with Crippen molar-refractivity contribution < 1.29 is 14.3 Å². The lowest BCUT2D eigenvalue weighted by Crippen LogP contribution is -2.50. The van der Waals surface area contributed by atoms with E-state index in [9.17, 15) is 9.59 Å². The standard InChI is InChI=1S/C23H30N2O3/c1-4-10-22(26)25(17-19-13-9-14-20(15-19)28-3)21(23(27)24-5-2)16-18-11-7-6-8-12-18/h6-9,11-15,21H,4-5,10,16-17H2,1-3H3,(H,24,27)/t21-/m0/s1. The molecule has 5 heteroatoms. The van der Waals surface area contributed by atoms with Crippen LogP contribution in [0.5, 0.6) is 5.75 Å². The van der Waals surface area contributed by atoms with E-state index < -0.39 is 6.04 Å². The molecule has 28 heavy (non-hydrogen) atoms. The van der Waals surface area contributed by atoms with Gasteiger partial charge in [0.15, 0.2) is 0 Å². The Morgan fingerprint density at radius 1 is 1.04 bits per heavy atom. The molecule has 0 radical (unpaired) electrons. The maximum absolute atomic E-state index is 13.0. The molecule has 0 aliphatic carbocycles. The molecule has 0 bridgehead atoms. The molecule has 150 valence electrons. The van der Waals surface area contributed by atoms with Gasteiger partial charge in [-0.3, -0.25) is 9.59 Å². The average molecular weight is 383 g/mol. The molecule has 0 saturated heterocycles. The quantitative estimate of drug-likeness (QED) is 0.683. The molecule has 5 nitrogen and oxygen atoms in total. The summed E-state index contributed by atoms with van der Waals surface area (Å²) in [7, 11) is 1.62. The molecule has 0 aliphatic heterocycles. The lowest BCUT2D eigenvalue weighted by atomic mass is 10.0. The molecule has 0 saturated carbocycles. The van der Waals surface area contributed by atoms with Gasteiger partial charge in [0.2, 0.25) is 11.8 Å². The average Bonchev–Trinajstić information content (AvgIpc) is 2.71. The van der Waals surface area contributed by atoms with Gasteiger partial charge < -0.3 is 15.0 Å². The van der Waals surface area contributed by atoms with Gasteiger partial charge in [0.25, 0.3) is 0 Å². The fourth-order valence-corrected chi connectivity index (χ4v) is 3.17. The number of carbonyl (C=O) groups is 2. The Hall–Kier alpha value is -2.82. The zero-order chi connectivity index (χ0) is 20.4. The van der Waals surface area contributed by atoms with E-state index >= 15 is 0 Å². The fraction of sp³-hybridized carbons (Fsp3) is 0.391. The molecule has 2 aromatic carbocycles. The number of benzene rings is 2. The van der Waals surface area contributed by atoms with Crippen LogP contribution in [0.4, 0.5) is 0 Å². The maximum Gasteiger partial charge on any atom is 0.243 e. The van der Waals surface area contributed by atoms with Gasteiger partial charge in [-0.05, 0) is 36.6 Å². The monoisotopic (exact) mass is 382 g/mol. The van der Waals surface area contributed by atoms with Crippen LogP contribution in [0.1, 0.15) is 37.8 Å². The highest BCUT2D eigenvalue weighted by molar-refractivity contribution is 5.88. The van der Waals surface area contributed by atoms with Crippen molar-refractivity contribution in [2.75, 3.05) is 13.7 Å².